The Hall–Kier alpha value is -2.01. The van der Waals surface area contributed by atoms with Gasteiger partial charge < -0.3 is 16.2 Å². The predicted molar refractivity (Wildman–Crippen MR) is 74.3 cm³/mol. The molecule has 0 aliphatic rings. The molecule has 0 unspecified atom stereocenters. The predicted octanol–water partition coefficient (Wildman–Crippen LogP) is 2.68. The van der Waals surface area contributed by atoms with Crippen molar-refractivity contribution in [1.82, 2.24) is 0 Å². The van der Waals surface area contributed by atoms with Crippen LogP contribution in [0.15, 0.2) is 35.0 Å². The fourth-order valence-electron chi connectivity index (χ4n) is 1.64. The van der Waals surface area contributed by atoms with Crippen LogP contribution in [-0.4, -0.2) is 17.6 Å². The van der Waals surface area contributed by atoms with Crippen LogP contribution >= 0.6 is 11.3 Å². The summed E-state index contributed by atoms with van der Waals surface area (Å²) >= 11 is 1.67. The maximum atomic E-state index is 10.9. The monoisotopic (exact) mass is 262 g/mol. The first-order valence-electron chi connectivity index (χ1n) is 5.54. The lowest BCUT2D eigenvalue weighted by atomic mass is 10.1. The first kappa shape index (κ1) is 12.4. The summed E-state index contributed by atoms with van der Waals surface area (Å²) in [5.41, 5.74) is 8.06. The van der Waals surface area contributed by atoms with Gasteiger partial charge in [-0.3, -0.25) is 0 Å². The van der Waals surface area contributed by atoms with E-state index in [0.717, 1.165) is 18.7 Å². The molecule has 94 valence electrons. The number of carbonyl (C=O) groups is 1. The number of rotatable bonds is 5. The summed E-state index contributed by atoms with van der Waals surface area (Å²) in [7, 11) is 0. The van der Waals surface area contributed by atoms with Crippen LogP contribution in [0.4, 0.5) is 11.4 Å². The van der Waals surface area contributed by atoms with Gasteiger partial charge in [-0.1, -0.05) is 0 Å². The zero-order valence-corrected chi connectivity index (χ0v) is 10.5. The molecule has 5 heteroatoms. The van der Waals surface area contributed by atoms with Gasteiger partial charge in [0, 0.05) is 17.9 Å². The average Bonchev–Trinajstić information content (AvgIpc) is 2.84. The Morgan fingerprint density at radius 3 is 2.89 bits per heavy atom. The molecule has 0 amide bonds. The molecule has 1 aromatic carbocycles. The zero-order chi connectivity index (χ0) is 13.0. The largest absolute Gasteiger partial charge is 0.478 e. The van der Waals surface area contributed by atoms with Gasteiger partial charge in [0.1, 0.15) is 0 Å². The molecule has 1 aromatic heterocycles. The topological polar surface area (TPSA) is 75.3 Å². The maximum absolute atomic E-state index is 10.9. The molecule has 2 rings (SSSR count). The van der Waals surface area contributed by atoms with Crippen molar-refractivity contribution in [1.29, 1.82) is 0 Å². The molecule has 0 radical (unpaired) electrons. The van der Waals surface area contributed by atoms with Crippen LogP contribution in [0.2, 0.25) is 0 Å². The van der Waals surface area contributed by atoms with Crippen molar-refractivity contribution in [2.45, 2.75) is 6.42 Å². The van der Waals surface area contributed by atoms with Gasteiger partial charge in [0.25, 0.3) is 0 Å². The fourth-order valence-corrected chi connectivity index (χ4v) is 2.34. The van der Waals surface area contributed by atoms with Crippen LogP contribution in [0.25, 0.3) is 0 Å². The summed E-state index contributed by atoms with van der Waals surface area (Å²) in [6.07, 6.45) is 0.913. The van der Waals surface area contributed by atoms with Crippen molar-refractivity contribution < 1.29 is 9.90 Å². The van der Waals surface area contributed by atoms with Gasteiger partial charge in [0.05, 0.1) is 5.56 Å². The highest BCUT2D eigenvalue weighted by Gasteiger charge is 2.08. The minimum absolute atomic E-state index is 0.135. The molecule has 0 saturated carbocycles. The van der Waals surface area contributed by atoms with Crippen LogP contribution in [0.3, 0.4) is 0 Å². The number of nitrogens with one attached hydrogen (secondary N) is 1. The molecule has 0 fully saturated rings. The smallest absolute Gasteiger partial charge is 0.337 e. The summed E-state index contributed by atoms with van der Waals surface area (Å²) in [6, 6.07) is 7.04. The third-order valence-corrected chi connectivity index (χ3v) is 3.34. The average molecular weight is 262 g/mol. The molecule has 2 aromatic rings. The second-order valence-electron chi connectivity index (χ2n) is 3.92. The molecule has 0 aliphatic carbocycles. The van der Waals surface area contributed by atoms with E-state index in [1.54, 1.807) is 29.5 Å². The Bertz CT molecular complexity index is 538. The quantitative estimate of drug-likeness (QED) is 0.724. The third-order valence-electron chi connectivity index (χ3n) is 2.61. The van der Waals surface area contributed by atoms with Crippen LogP contribution in [0.1, 0.15) is 15.9 Å². The van der Waals surface area contributed by atoms with Crippen LogP contribution in [0.5, 0.6) is 0 Å². The lowest BCUT2D eigenvalue weighted by Crippen LogP contribution is -2.07. The van der Waals surface area contributed by atoms with Gasteiger partial charge in [0.2, 0.25) is 0 Å². The first-order chi connectivity index (χ1) is 8.66. The highest BCUT2D eigenvalue weighted by Crippen LogP contribution is 2.18. The highest BCUT2D eigenvalue weighted by atomic mass is 32.1. The summed E-state index contributed by atoms with van der Waals surface area (Å²) in [5, 5.41) is 16.3. The highest BCUT2D eigenvalue weighted by molar-refractivity contribution is 7.07. The number of hydrogen-bond donors (Lipinski definition) is 3. The van der Waals surface area contributed by atoms with Gasteiger partial charge in [-0.15, -0.1) is 0 Å². The third kappa shape index (κ3) is 3.01. The number of carboxylic acid groups (broad SMARTS) is 1. The number of carboxylic acids is 1. The number of thiophene rings is 1. The standard InChI is InChI=1S/C13H14N2O2S/c14-12-2-1-10(7-11(12)13(16)17)15-5-3-9-4-6-18-8-9/h1-2,4,6-8,15H,3,5,14H2,(H,16,17). The van der Waals surface area contributed by atoms with Gasteiger partial charge in [0.15, 0.2) is 0 Å². The van der Waals surface area contributed by atoms with Crippen molar-refractivity contribution in [3.05, 3.63) is 46.2 Å². The van der Waals surface area contributed by atoms with Crippen molar-refractivity contribution in [3.8, 4) is 0 Å². The summed E-state index contributed by atoms with van der Waals surface area (Å²) < 4.78 is 0. The zero-order valence-electron chi connectivity index (χ0n) is 9.72. The minimum atomic E-state index is -1.01. The van der Waals surface area contributed by atoms with E-state index in [0.29, 0.717) is 0 Å². The molecule has 0 bridgehead atoms. The molecule has 0 spiro atoms. The SMILES string of the molecule is Nc1ccc(NCCc2ccsc2)cc1C(=O)O. The lowest BCUT2D eigenvalue weighted by molar-refractivity contribution is 0.0698. The Morgan fingerprint density at radius 2 is 2.22 bits per heavy atom. The first-order valence-corrected chi connectivity index (χ1v) is 6.49. The van der Waals surface area contributed by atoms with Crippen molar-refractivity contribution in [2.24, 2.45) is 0 Å². The lowest BCUT2D eigenvalue weighted by Gasteiger charge is -2.08. The van der Waals surface area contributed by atoms with Gasteiger partial charge in [-0.2, -0.15) is 11.3 Å². The van der Waals surface area contributed by atoms with Gasteiger partial charge in [-0.25, -0.2) is 4.79 Å². The van der Waals surface area contributed by atoms with E-state index in [1.807, 2.05) is 5.38 Å². The van der Waals surface area contributed by atoms with Gasteiger partial charge in [-0.05, 0) is 47.0 Å². The van der Waals surface area contributed by atoms with Crippen molar-refractivity contribution in [3.63, 3.8) is 0 Å². The molecule has 1 heterocycles. The van der Waals surface area contributed by atoms with E-state index in [4.69, 9.17) is 10.8 Å². The molecule has 0 aliphatic heterocycles. The van der Waals surface area contributed by atoms with Gasteiger partial charge >= 0.3 is 5.97 Å². The number of aromatic carboxylic acids is 1. The maximum Gasteiger partial charge on any atom is 0.337 e. The van der Waals surface area contributed by atoms with Crippen molar-refractivity contribution in [2.75, 3.05) is 17.6 Å². The molecule has 4 N–H and O–H groups in total. The number of hydrogen-bond acceptors (Lipinski definition) is 4. The molecular weight excluding hydrogens is 248 g/mol. The molecule has 4 nitrogen and oxygen atoms in total. The van der Waals surface area contributed by atoms with Crippen molar-refractivity contribution >= 4 is 28.7 Å². The van der Waals surface area contributed by atoms with E-state index in [2.05, 4.69) is 16.8 Å². The second kappa shape index (κ2) is 5.55. The molecular formula is C13H14N2O2S. The molecule has 18 heavy (non-hydrogen) atoms. The number of benzene rings is 1. The Labute approximate surface area is 109 Å². The van der Waals surface area contributed by atoms with E-state index in [9.17, 15) is 4.79 Å². The summed E-state index contributed by atoms with van der Waals surface area (Å²) in [6.45, 7) is 0.764. The molecule has 0 atom stereocenters. The summed E-state index contributed by atoms with van der Waals surface area (Å²) in [4.78, 5) is 10.9. The van der Waals surface area contributed by atoms with Crippen LogP contribution in [0, 0.1) is 0 Å². The number of nitrogens with two attached hydrogens (primary N) is 1. The Morgan fingerprint density at radius 1 is 1.39 bits per heavy atom. The Kier molecular flexibility index (Phi) is 3.84. The van der Waals surface area contributed by atoms with E-state index < -0.39 is 5.97 Å². The molecule has 0 saturated heterocycles. The number of anilines is 2. The second-order valence-corrected chi connectivity index (χ2v) is 4.70. The van der Waals surface area contributed by atoms with Crippen LogP contribution in [-0.2, 0) is 6.42 Å². The Balaban J connectivity index is 1.97. The van der Waals surface area contributed by atoms with E-state index in [-0.39, 0.29) is 11.3 Å². The summed E-state index contributed by atoms with van der Waals surface area (Å²) in [5.74, 6) is -1.01. The minimum Gasteiger partial charge on any atom is -0.478 e. The number of nitrogen functional groups attached to an aromatic ring is 1. The van der Waals surface area contributed by atoms with Crippen LogP contribution < -0.4 is 11.1 Å². The normalized spacial score (nSPS) is 10.2. The fraction of sp³-hybridized carbons (Fsp3) is 0.154. The van der Waals surface area contributed by atoms with E-state index >= 15 is 0 Å². The van der Waals surface area contributed by atoms with E-state index in [1.165, 1.54) is 5.56 Å².